The minimum atomic E-state index is 0.487. The fourth-order valence-corrected chi connectivity index (χ4v) is 4.29. The number of piperidine rings is 1. The lowest BCUT2D eigenvalue weighted by Crippen LogP contribution is -2.36. The van der Waals surface area contributed by atoms with E-state index in [0.717, 1.165) is 65.4 Å². The highest BCUT2D eigenvalue weighted by Crippen LogP contribution is 2.30. The second kappa shape index (κ2) is 7.28. The molecule has 148 valence electrons. The van der Waals surface area contributed by atoms with E-state index in [-0.39, 0.29) is 0 Å². The Labute approximate surface area is 174 Å². The van der Waals surface area contributed by atoms with Gasteiger partial charge in [-0.3, -0.25) is 4.40 Å². The molecule has 0 atom stereocenters. The summed E-state index contributed by atoms with van der Waals surface area (Å²) in [6, 6.07) is 14.5. The van der Waals surface area contributed by atoms with Gasteiger partial charge in [-0.05, 0) is 70.2 Å². The Morgan fingerprint density at radius 2 is 1.86 bits per heavy atom. The maximum absolute atomic E-state index is 6.47. The minimum Gasteiger partial charge on any atom is -0.382 e. The van der Waals surface area contributed by atoms with E-state index in [9.17, 15) is 0 Å². The molecule has 7 heteroatoms. The quantitative estimate of drug-likeness (QED) is 0.546. The van der Waals surface area contributed by atoms with Gasteiger partial charge in [-0.25, -0.2) is 4.98 Å². The molecule has 1 N–H and O–H groups in total. The van der Waals surface area contributed by atoms with Gasteiger partial charge in [0.1, 0.15) is 0 Å². The molecule has 0 amide bonds. The van der Waals surface area contributed by atoms with Gasteiger partial charge in [0.25, 0.3) is 0 Å². The van der Waals surface area contributed by atoms with Crippen molar-refractivity contribution in [3.63, 3.8) is 0 Å². The van der Waals surface area contributed by atoms with Crippen molar-refractivity contribution in [1.29, 1.82) is 0 Å². The number of anilines is 1. The number of nitrogens with one attached hydrogen (secondary N) is 1. The van der Waals surface area contributed by atoms with Gasteiger partial charge in [-0.15, -0.1) is 10.2 Å². The Morgan fingerprint density at radius 3 is 2.66 bits per heavy atom. The Kier molecular flexibility index (Phi) is 4.60. The molecule has 5 rings (SSSR count). The zero-order chi connectivity index (χ0) is 20.0. The highest BCUT2D eigenvalue weighted by atomic mass is 35.5. The van der Waals surface area contributed by atoms with Gasteiger partial charge in [-0.1, -0.05) is 23.7 Å². The van der Waals surface area contributed by atoms with Crippen molar-refractivity contribution in [2.45, 2.75) is 25.8 Å². The molecule has 0 radical (unpaired) electrons. The van der Waals surface area contributed by atoms with E-state index >= 15 is 0 Å². The van der Waals surface area contributed by atoms with Crippen LogP contribution in [-0.2, 0) is 0 Å². The van der Waals surface area contributed by atoms with Gasteiger partial charge in [0.15, 0.2) is 11.5 Å². The monoisotopic (exact) mass is 406 g/mol. The maximum Gasteiger partial charge on any atom is 0.183 e. The molecule has 0 saturated carbocycles. The number of nitrogens with zero attached hydrogens (tertiary/aromatic N) is 5. The second-order valence-corrected chi connectivity index (χ2v) is 8.19. The minimum absolute atomic E-state index is 0.487. The molecule has 0 aliphatic carbocycles. The van der Waals surface area contributed by atoms with Gasteiger partial charge < -0.3 is 10.2 Å². The molecule has 3 heterocycles. The number of rotatable bonds is 3. The first-order valence-electron chi connectivity index (χ1n) is 9.95. The van der Waals surface area contributed by atoms with Crippen LogP contribution in [0.5, 0.6) is 0 Å². The van der Waals surface area contributed by atoms with Gasteiger partial charge >= 0.3 is 0 Å². The van der Waals surface area contributed by atoms with E-state index in [0.29, 0.717) is 11.1 Å². The van der Waals surface area contributed by atoms with Crippen molar-refractivity contribution in [3.05, 3.63) is 53.2 Å². The number of aromatic nitrogens is 4. The summed E-state index contributed by atoms with van der Waals surface area (Å²) in [4.78, 5) is 7.12. The van der Waals surface area contributed by atoms with Gasteiger partial charge in [0, 0.05) is 17.3 Å². The number of aryl methyl sites for hydroxylation is 1. The molecule has 6 nitrogen and oxygen atoms in total. The van der Waals surface area contributed by atoms with E-state index < -0.39 is 0 Å². The summed E-state index contributed by atoms with van der Waals surface area (Å²) in [6.07, 6.45) is 2.29. The van der Waals surface area contributed by atoms with Crippen LogP contribution in [0.4, 0.5) is 5.69 Å². The molecule has 1 aliphatic heterocycles. The number of halogens is 1. The number of likely N-dealkylation sites (tertiary alicyclic amines) is 1. The zero-order valence-electron chi connectivity index (χ0n) is 16.6. The lowest BCUT2D eigenvalue weighted by atomic mass is 10.1. The predicted molar refractivity (Wildman–Crippen MR) is 118 cm³/mol. The standard InChI is InChI=1S/C22H23ClN6/c1-14-21-26-27-22(17-5-3-4-6-18(17)23)29(21)20-13-16(7-8-19(20)24-14)25-15-9-11-28(2)12-10-15/h3-8,13,15,25H,9-12H2,1-2H3. The van der Waals surface area contributed by atoms with Crippen LogP contribution in [0.25, 0.3) is 28.1 Å². The Balaban J connectivity index is 1.64. The molecule has 0 bridgehead atoms. The molecule has 0 unspecified atom stereocenters. The molecule has 4 aromatic rings. The third-order valence-electron chi connectivity index (χ3n) is 5.70. The van der Waals surface area contributed by atoms with Crippen molar-refractivity contribution in [1.82, 2.24) is 24.5 Å². The topological polar surface area (TPSA) is 58.4 Å². The summed E-state index contributed by atoms with van der Waals surface area (Å²) in [7, 11) is 2.18. The molecule has 1 fully saturated rings. The summed E-state index contributed by atoms with van der Waals surface area (Å²) in [5, 5.41) is 13.2. The van der Waals surface area contributed by atoms with Crippen molar-refractivity contribution in [3.8, 4) is 11.4 Å². The summed E-state index contributed by atoms with van der Waals surface area (Å²) in [5.74, 6) is 0.734. The smallest absolute Gasteiger partial charge is 0.183 e. The van der Waals surface area contributed by atoms with Crippen LogP contribution in [0.2, 0.25) is 5.02 Å². The molecule has 29 heavy (non-hydrogen) atoms. The largest absolute Gasteiger partial charge is 0.382 e. The van der Waals surface area contributed by atoms with Crippen LogP contribution in [0.15, 0.2) is 42.5 Å². The van der Waals surface area contributed by atoms with Crippen molar-refractivity contribution < 1.29 is 0 Å². The fourth-order valence-electron chi connectivity index (χ4n) is 4.07. The average molecular weight is 407 g/mol. The van der Waals surface area contributed by atoms with Crippen LogP contribution in [0, 0.1) is 6.92 Å². The SMILES string of the molecule is Cc1nc2ccc(NC3CCN(C)CC3)cc2n2c(-c3ccccc3Cl)nnc12. The molecule has 1 saturated heterocycles. The van der Waals surface area contributed by atoms with Crippen molar-refractivity contribution >= 4 is 34.0 Å². The van der Waals surface area contributed by atoms with Crippen LogP contribution in [-0.4, -0.2) is 50.7 Å². The summed E-state index contributed by atoms with van der Waals surface area (Å²) < 4.78 is 2.07. The number of hydrogen-bond donors (Lipinski definition) is 1. The van der Waals surface area contributed by atoms with E-state index in [1.54, 1.807) is 0 Å². The first kappa shape index (κ1) is 18.3. The lowest BCUT2D eigenvalue weighted by molar-refractivity contribution is 0.264. The molecular weight excluding hydrogens is 384 g/mol. The Morgan fingerprint density at radius 1 is 1.07 bits per heavy atom. The first-order chi connectivity index (χ1) is 14.1. The van der Waals surface area contributed by atoms with Gasteiger partial charge in [0.2, 0.25) is 0 Å². The summed E-state index contributed by atoms with van der Waals surface area (Å²) in [6.45, 7) is 4.21. The van der Waals surface area contributed by atoms with Crippen molar-refractivity contribution in [2.75, 3.05) is 25.5 Å². The molecular formula is C22H23ClN6. The molecule has 1 aliphatic rings. The molecule has 2 aromatic heterocycles. The Hall–Kier alpha value is -2.70. The highest BCUT2D eigenvalue weighted by Gasteiger charge is 2.19. The Bertz CT molecular complexity index is 1190. The van der Waals surface area contributed by atoms with E-state index in [1.807, 2.05) is 31.2 Å². The zero-order valence-corrected chi connectivity index (χ0v) is 17.3. The van der Waals surface area contributed by atoms with E-state index in [4.69, 9.17) is 16.6 Å². The maximum atomic E-state index is 6.47. The van der Waals surface area contributed by atoms with Gasteiger partial charge in [-0.2, -0.15) is 0 Å². The summed E-state index contributed by atoms with van der Waals surface area (Å²) in [5.41, 5.74) is 5.45. The first-order valence-corrected chi connectivity index (χ1v) is 10.3. The van der Waals surface area contributed by atoms with Crippen LogP contribution < -0.4 is 5.32 Å². The fraction of sp³-hybridized carbons (Fsp3) is 0.318. The molecule has 2 aromatic carbocycles. The van der Waals surface area contributed by atoms with E-state index in [1.165, 1.54) is 0 Å². The number of benzene rings is 2. The number of hydrogen-bond acceptors (Lipinski definition) is 5. The predicted octanol–water partition coefficient (Wildman–Crippen LogP) is 4.41. The van der Waals surface area contributed by atoms with Crippen molar-refractivity contribution in [2.24, 2.45) is 0 Å². The molecule has 0 spiro atoms. The number of fused-ring (bicyclic) bond motifs is 3. The van der Waals surface area contributed by atoms with Crippen LogP contribution in [0.1, 0.15) is 18.5 Å². The second-order valence-electron chi connectivity index (χ2n) is 7.79. The average Bonchev–Trinajstić information content (AvgIpc) is 3.17. The lowest BCUT2D eigenvalue weighted by Gasteiger charge is -2.30. The van der Waals surface area contributed by atoms with Gasteiger partial charge in [0.05, 0.1) is 21.7 Å². The van der Waals surface area contributed by atoms with Crippen LogP contribution in [0.3, 0.4) is 0 Å². The third-order valence-corrected chi connectivity index (χ3v) is 6.02. The van der Waals surface area contributed by atoms with E-state index in [2.05, 4.69) is 50.1 Å². The normalized spacial score (nSPS) is 16.0. The third kappa shape index (κ3) is 3.32. The van der Waals surface area contributed by atoms with Crippen LogP contribution >= 0.6 is 11.6 Å². The highest BCUT2D eigenvalue weighted by molar-refractivity contribution is 6.33. The summed E-state index contributed by atoms with van der Waals surface area (Å²) >= 11 is 6.47.